The van der Waals surface area contributed by atoms with E-state index < -0.39 is 10.1 Å². The van der Waals surface area contributed by atoms with Crippen LogP contribution in [-0.4, -0.2) is 32.4 Å². The molecule has 1 fully saturated rings. The second-order valence-electron chi connectivity index (χ2n) is 9.20. The van der Waals surface area contributed by atoms with Crippen molar-refractivity contribution in [3.8, 4) is 11.5 Å². The first-order valence-corrected chi connectivity index (χ1v) is 12.8. The van der Waals surface area contributed by atoms with Gasteiger partial charge in [-0.3, -0.25) is 4.18 Å². The second-order valence-corrected chi connectivity index (χ2v) is 11.6. The van der Waals surface area contributed by atoms with Crippen molar-refractivity contribution in [1.29, 1.82) is 0 Å². The van der Waals surface area contributed by atoms with Crippen molar-refractivity contribution in [3.05, 3.63) is 58.1 Å². The van der Waals surface area contributed by atoms with E-state index in [1.165, 1.54) is 5.56 Å². The molecule has 0 amide bonds. The molecule has 1 N–H and O–H groups in total. The van der Waals surface area contributed by atoms with E-state index >= 15 is 0 Å². The summed E-state index contributed by atoms with van der Waals surface area (Å²) in [5, 5.41) is 4.45. The minimum absolute atomic E-state index is 0.00279. The molecule has 2 aromatic carbocycles. The van der Waals surface area contributed by atoms with Crippen LogP contribution in [0, 0.1) is 5.92 Å². The fraction of sp³-hybridized carbons (Fsp3) is 0.478. The van der Waals surface area contributed by atoms with E-state index in [0.29, 0.717) is 33.9 Å². The van der Waals surface area contributed by atoms with Crippen LogP contribution >= 0.6 is 23.2 Å². The summed E-state index contributed by atoms with van der Waals surface area (Å²) in [5.41, 5.74) is 1.04. The lowest BCUT2D eigenvalue weighted by Crippen LogP contribution is -2.48. The average molecular weight is 486 g/mol. The van der Waals surface area contributed by atoms with Crippen LogP contribution in [0.5, 0.6) is 11.5 Å². The van der Waals surface area contributed by atoms with E-state index in [1.54, 1.807) is 18.2 Å². The Morgan fingerprint density at radius 2 is 1.65 bits per heavy atom. The van der Waals surface area contributed by atoms with Gasteiger partial charge >= 0.3 is 0 Å². The molecule has 170 valence electrons. The van der Waals surface area contributed by atoms with Gasteiger partial charge in [0, 0.05) is 17.6 Å². The molecule has 0 aromatic heterocycles. The largest absolute Gasteiger partial charge is 0.457 e. The smallest absolute Gasteiger partial charge is 0.264 e. The van der Waals surface area contributed by atoms with Crippen LogP contribution in [0.3, 0.4) is 0 Å². The number of hydrogen-bond donors (Lipinski definition) is 1. The van der Waals surface area contributed by atoms with Crippen molar-refractivity contribution >= 4 is 33.3 Å². The molecule has 0 bridgehead atoms. The lowest BCUT2D eigenvalue weighted by atomic mass is 9.97. The Hall–Kier alpha value is -1.31. The zero-order chi connectivity index (χ0) is 22.8. The van der Waals surface area contributed by atoms with Gasteiger partial charge in [0.25, 0.3) is 10.1 Å². The zero-order valence-electron chi connectivity index (χ0n) is 18.2. The van der Waals surface area contributed by atoms with E-state index in [-0.39, 0.29) is 17.7 Å². The van der Waals surface area contributed by atoms with Crippen molar-refractivity contribution in [2.45, 2.75) is 57.7 Å². The predicted molar refractivity (Wildman–Crippen MR) is 126 cm³/mol. The SMILES string of the molecule is CC(C)(C)N[C@@H]1C[C@H](Cc2ccc(Oc3ccc(Cl)c(Cl)c3)cc2)C[C@H]1OS(C)(=O)=O. The summed E-state index contributed by atoms with van der Waals surface area (Å²) >= 11 is 12.0. The van der Waals surface area contributed by atoms with E-state index in [2.05, 4.69) is 26.1 Å². The first-order chi connectivity index (χ1) is 14.4. The summed E-state index contributed by atoms with van der Waals surface area (Å²) < 4.78 is 34.7. The Morgan fingerprint density at radius 3 is 2.23 bits per heavy atom. The topological polar surface area (TPSA) is 64.6 Å². The van der Waals surface area contributed by atoms with E-state index in [4.69, 9.17) is 32.1 Å². The molecule has 1 saturated carbocycles. The monoisotopic (exact) mass is 485 g/mol. The van der Waals surface area contributed by atoms with Crippen LogP contribution in [-0.2, 0) is 20.7 Å². The summed E-state index contributed by atoms with van der Waals surface area (Å²) in [7, 11) is -3.51. The third kappa shape index (κ3) is 7.65. The molecule has 1 aliphatic carbocycles. The highest BCUT2D eigenvalue weighted by molar-refractivity contribution is 7.86. The maximum absolute atomic E-state index is 11.7. The number of ether oxygens (including phenoxy) is 1. The van der Waals surface area contributed by atoms with Gasteiger partial charge in [-0.05, 0) is 75.8 Å². The maximum atomic E-state index is 11.7. The fourth-order valence-corrected chi connectivity index (χ4v) is 4.96. The van der Waals surface area contributed by atoms with Gasteiger partial charge in [0.1, 0.15) is 11.5 Å². The highest BCUT2D eigenvalue weighted by Crippen LogP contribution is 2.34. The van der Waals surface area contributed by atoms with Gasteiger partial charge in [0.2, 0.25) is 0 Å². The Kier molecular flexibility index (Phi) is 7.59. The molecule has 0 radical (unpaired) electrons. The van der Waals surface area contributed by atoms with Crippen LogP contribution < -0.4 is 10.1 Å². The maximum Gasteiger partial charge on any atom is 0.264 e. The Balaban J connectivity index is 1.64. The Labute approximate surface area is 195 Å². The molecular weight excluding hydrogens is 457 g/mol. The standard InChI is InChI=1S/C23H29Cl2NO4S/c1-23(2,3)26-21-12-16(13-22(21)30-31(4,27)28)11-15-5-7-17(8-6-15)29-18-9-10-19(24)20(25)14-18/h5-10,14,16,21-22,26H,11-13H2,1-4H3/t16-,21+,22+/m0/s1. The normalized spacial score (nSPS) is 21.9. The Morgan fingerprint density at radius 1 is 1.00 bits per heavy atom. The molecule has 0 spiro atoms. The number of hydrogen-bond acceptors (Lipinski definition) is 5. The van der Waals surface area contributed by atoms with Crippen molar-refractivity contribution in [2.75, 3.05) is 6.26 Å². The van der Waals surface area contributed by atoms with Gasteiger partial charge in [0.15, 0.2) is 0 Å². The number of benzene rings is 2. The zero-order valence-corrected chi connectivity index (χ0v) is 20.5. The first-order valence-electron chi connectivity index (χ1n) is 10.3. The average Bonchev–Trinajstić information content (AvgIpc) is 2.97. The summed E-state index contributed by atoms with van der Waals surface area (Å²) in [6.45, 7) is 6.22. The molecule has 8 heteroatoms. The highest BCUT2D eigenvalue weighted by Gasteiger charge is 2.38. The third-order valence-corrected chi connectivity index (χ3v) is 6.43. The molecule has 3 rings (SSSR count). The number of nitrogens with one attached hydrogen (secondary N) is 1. The second kappa shape index (κ2) is 9.67. The van der Waals surface area contributed by atoms with Gasteiger partial charge in [-0.15, -0.1) is 0 Å². The first kappa shape index (κ1) is 24.3. The minimum Gasteiger partial charge on any atom is -0.457 e. The molecule has 1 aliphatic rings. The van der Waals surface area contributed by atoms with Gasteiger partial charge in [-0.2, -0.15) is 8.42 Å². The molecule has 31 heavy (non-hydrogen) atoms. The lowest BCUT2D eigenvalue weighted by molar-refractivity contribution is 0.165. The quantitative estimate of drug-likeness (QED) is 0.498. The van der Waals surface area contributed by atoms with Gasteiger partial charge in [-0.25, -0.2) is 0 Å². The molecular formula is C23H29Cl2NO4S. The summed E-state index contributed by atoms with van der Waals surface area (Å²) in [5.74, 6) is 1.65. The summed E-state index contributed by atoms with van der Waals surface area (Å²) in [6.07, 6.45) is 3.16. The summed E-state index contributed by atoms with van der Waals surface area (Å²) in [4.78, 5) is 0. The number of halogens is 2. The molecule has 3 atom stereocenters. The van der Waals surface area contributed by atoms with Crippen LogP contribution in [0.4, 0.5) is 0 Å². The lowest BCUT2D eigenvalue weighted by Gasteiger charge is -2.29. The Bertz CT molecular complexity index is 1000. The third-order valence-electron chi connectivity index (χ3n) is 5.09. The minimum atomic E-state index is -3.51. The summed E-state index contributed by atoms with van der Waals surface area (Å²) in [6, 6.07) is 13.0. The van der Waals surface area contributed by atoms with Crippen LogP contribution in [0.1, 0.15) is 39.2 Å². The molecule has 0 saturated heterocycles. The molecule has 0 aliphatic heterocycles. The van der Waals surface area contributed by atoms with Crippen LogP contribution in [0.15, 0.2) is 42.5 Å². The van der Waals surface area contributed by atoms with E-state index in [9.17, 15) is 8.42 Å². The van der Waals surface area contributed by atoms with Gasteiger partial charge in [0.05, 0.1) is 22.4 Å². The predicted octanol–water partition coefficient (Wildman–Crippen LogP) is 5.84. The van der Waals surface area contributed by atoms with E-state index in [1.807, 2.05) is 24.3 Å². The van der Waals surface area contributed by atoms with Crippen LogP contribution in [0.25, 0.3) is 0 Å². The molecule has 5 nitrogen and oxygen atoms in total. The molecule has 0 unspecified atom stereocenters. The molecule has 0 heterocycles. The highest BCUT2D eigenvalue weighted by atomic mass is 35.5. The van der Waals surface area contributed by atoms with Gasteiger partial charge < -0.3 is 10.1 Å². The van der Waals surface area contributed by atoms with E-state index in [0.717, 1.165) is 19.1 Å². The van der Waals surface area contributed by atoms with Crippen molar-refractivity contribution in [1.82, 2.24) is 5.32 Å². The fourth-order valence-electron chi connectivity index (χ4n) is 4.01. The van der Waals surface area contributed by atoms with Crippen molar-refractivity contribution < 1.29 is 17.3 Å². The van der Waals surface area contributed by atoms with Crippen LogP contribution in [0.2, 0.25) is 10.0 Å². The molecule has 2 aromatic rings. The van der Waals surface area contributed by atoms with Gasteiger partial charge in [-0.1, -0.05) is 35.3 Å². The van der Waals surface area contributed by atoms with Crippen molar-refractivity contribution in [3.63, 3.8) is 0 Å². The number of rotatable bonds is 7. The van der Waals surface area contributed by atoms with Crippen molar-refractivity contribution in [2.24, 2.45) is 5.92 Å².